The van der Waals surface area contributed by atoms with Gasteiger partial charge in [0, 0.05) is 11.3 Å². The maximum absolute atomic E-state index is 12.2. The van der Waals surface area contributed by atoms with Crippen LogP contribution >= 0.6 is 0 Å². The Kier molecular flexibility index (Phi) is 4.71. The Morgan fingerprint density at radius 1 is 1.12 bits per heavy atom. The van der Waals surface area contributed by atoms with Gasteiger partial charge in [-0.2, -0.15) is 0 Å². The van der Waals surface area contributed by atoms with E-state index in [9.17, 15) is 8.42 Å². The highest BCUT2D eigenvalue weighted by molar-refractivity contribution is 7.91. The van der Waals surface area contributed by atoms with Crippen molar-refractivity contribution in [3.05, 3.63) is 35.5 Å². The minimum absolute atomic E-state index is 0.00619. The molecule has 0 amide bonds. The van der Waals surface area contributed by atoms with Crippen molar-refractivity contribution in [3.8, 4) is 5.75 Å². The molecule has 0 atom stereocenters. The van der Waals surface area contributed by atoms with Gasteiger partial charge in [0.15, 0.2) is 0 Å². The van der Waals surface area contributed by atoms with Crippen molar-refractivity contribution < 1.29 is 13.2 Å². The lowest BCUT2D eigenvalue weighted by Crippen LogP contribution is -2.17. The van der Waals surface area contributed by atoms with Gasteiger partial charge in [-0.25, -0.2) is 18.4 Å². The number of ether oxygens (including phenoxy) is 1. The molecule has 0 unspecified atom stereocenters. The van der Waals surface area contributed by atoms with Gasteiger partial charge in [-0.05, 0) is 49.9 Å². The summed E-state index contributed by atoms with van der Waals surface area (Å²) >= 11 is 0. The van der Waals surface area contributed by atoms with Crippen LogP contribution in [-0.2, 0) is 22.7 Å². The fraction of sp³-hybridized carbons (Fsp3) is 0.412. The number of aromatic nitrogens is 2. The van der Waals surface area contributed by atoms with Crippen LogP contribution in [-0.4, -0.2) is 31.2 Å². The molecule has 3 rings (SSSR count). The van der Waals surface area contributed by atoms with E-state index in [1.165, 1.54) is 0 Å². The van der Waals surface area contributed by atoms with Crippen molar-refractivity contribution in [2.24, 2.45) is 0 Å². The zero-order valence-electron chi connectivity index (χ0n) is 13.9. The van der Waals surface area contributed by atoms with Crippen LogP contribution < -0.4 is 10.1 Å². The van der Waals surface area contributed by atoms with E-state index in [1.807, 2.05) is 24.3 Å². The Hall–Kier alpha value is -2.15. The van der Waals surface area contributed by atoms with Gasteiger partial charge in [0.2, 0.25) is 15.0 Å². The first-order valence-electron chi connectivity index (χ1n) is 8.07. The van der Waals surface area contributed by atoms with Crippen LogP contribution in [0.5, 0.6) is 5.75 Å². The van der Waals surface area contributed by atoms with Crippen LogP contribution in [0.15, 0.2) is 29.4 Å². The number of hydrogen-bond donors (Lipinski definition) is 1. The van der Waals surface area contributed by atoms with E-state index in [2.05, 4.69) is 15.3 Å². The first-order valence-corrected chi connectivity index (χ1v) is 9.72. The average molecular weight is 347 g/mol. The Morgan fingerprint density at radius 3 is 2.50 bits per heavy atom. The third-order valence-electron chi connectivity index (χ3n) is 4.17. The highest BCUT2D eigenvalue weighted by Gasteiger charge is 2.23. The Labute approximate surface area is 142 Å². The van der Waals surface area contributed by atoms with E-state index in [0.29, 0.717) is 5.82 Å². The van der Waals surface area contributed by atoms with Crippen LogP contribution in [0, 0.1) is 0 Å². The molecule has 1 N–H and O–H groups in total. The fourth-order valence-electron chi connectivity index (χ4n) is 2.75. The number of hydrogen-bond acceptors (Lipinski definition) is 6. The minimum atomic E-state index is -3.44. The molecule has 7 heteroatoms. The normalized spacial score (nSPS) is 14.1. The molecule has 24 heavy (non-hydrogen) atoms. The van der Waals surface area contributed by atoms with Crippen LogP contribution in [0.3, 0.4) is 0 Å². The molecule has 0 saturated heterocycles. The quantitative estimate of drug-likeness (QED) is 0.838. The van der Waals surface area contributed by atoms with Gasteiger partial charge in [-0.3, -0.25) is 0 Å². The van der Waals surface area contributed by atoms with Crippen LogP contribution in [0.2, 0.25) is 0 Å². The van der Waals surface area contributed by atoms with Gasteiger partial charge >= 0.3 is 0 Å². The summed E-state index contributed by atoms with van der Waals surface area (Å²) in [7, 11) is -1.82. The van der Waals surface area contributed by atoms with Crippen molar-refractivity contribution in [1.82, 2.24) is 9.97 Å². The molecule has 0 radical (unpaired) electrons. The molecule has 0 fully saturated rings. The van der Waals surface area contributed by atoms with Crippen LogP contribution in [0.4, 0.5) is 11.5 Å². The minimum Gasteiger partial charge on any atom is -0.497 e. The lowest BCUT2D eigenvalue weighted by Gasteiger charge is -2.19. The second-order valence-corrected chi connectivity index (χ2v) is 7.92. The van der Waals surface area contributed by atoms with Crippen molar-refractivity contribution in [1.29, 1.82) is 0 Å². The summed E-state index contributed by atoms with van der Waals surface area (Å²) in [5.41, 5.74) is 2.70. The number of aryl methyl sites for hydroxylation is 1. The van der Waals surface area contributed by atoms with Crippen molar-refractivity contribution in [2.75, 3.05) is 18.2 Å². The summed E-state index contributed by atoms with van der Waals surface area (Å²) in [6.45, 7) is 1.61. The summed E-state index contributed by atoms with van der Waals surface area (Å²) in [4.78, 5) is 8.65. The van der Waals surface area contributed by atoms with E-state index >= 15 is 0 Å². The molecule has 128 valence electrons. The second kappa shape index (κ2) is 6.76. The van der Waals surface area contributed by atoms with Crippen LogP contribution in [0.25, 0.3) is 0 Å². The van der Waals surface area contributed by atoms with E-state index < -0.39 is 9.84 Å². The van der Waals surface area contributed by atoms with Crippen LogP contribution in [0.1, 0.15) is 31.0 Å². The summed E-state index contributed by atoms with van der Waals surface area (Å²) in [6, 6.07) is 7.45. The highest BCUT2D eigenvalue weighted by Crippen LogP contribution is 2.29. The van der Waals surface area contributed by atoms with E-state index in [0.717, 1.165) is 48.4 Å². The van der Waals surface area contributed by atoms with Gasteiger partial charge in [0.25, 0.3) is 0 Å². The molecule has 1 aliphatic rings. The Morgan fingerprint density at radius 2 is 1.83 bits per heavy atom. The lowest BCUT2D eigenvalue weighted by molar-refractivity contribution is 0.415. The zero-order valence-corrected chi connectivity index (χ0v) is 14.7. The molecule has 1 aromatic carbocycles. The lowest BCUT2D eigenvalue weighted by atomic mass is 9.96. The second-order valence-electron chi connectivity index (χ2n) is 5.74. The summed E-state index contributed by atoms with van der Waals surface area (Å²) in [6.07, 6.45) is 3.74. The highest BCUT2D eigenvalue weighted by atomic mass is 32.2. The number of nitrogens with one attached hydrogen (secondary N) is 1. The number of methoxy groups -OCH3 is 1. The first kappa shape index (κ1) is 16.7. The third kappa shape index (κ3) is 3.36. The van der Waals surface area contributed by atoms with Gasteiger partial charge in [0.05, 0.1) is 18.6 Å². The maximum Gasteiger partial charge on any atom is 0.249 e. The molecule has 0 spiro atoms. The molecule has 6 nitrogen and oxygen atoms in total. The molecular weight excluding hydrogens is 326 g/mol. The SMILES string of the molecule is CCS(=O)(=O)c1nc2c(c(Nc3ccc(OC)cc3)n1)CCCC2. The predicted octanol–water partition coefficient (Wildman–Crippen LogP) is 2.90. The Balaban J connectivity index is 2.02. The molecule has 1 heterocycles. The molecule has 1 aromatic heterocycles. The number of rotatable bonds is 5. The number of fused-ring (bicyclic) bond motifs is 1. The Bertz CT molecular complexity index is 833. The standard InChI is InChI=1S/C17H21N3O3S/c1-3-24(21,22)17-19-15-7-5-4-6-14(15)16(20-17)18-12-8-10-13(23-2)11-9-12/h8-11H,3-7H2,1-2H3,(H,18,19,20). The van der Waals surface area contributed by atoms with Gasteiger partial charge < -0.3 is 10.1 Å². The molecule has 0 saturated carbocycles. The monoisotopic (exact) mass is 347 g/mol. The summed E-state index contributed by atoms with van der Waals surface area (Å²) in [5.74, 6) is 1.35. The zero-order chi connectivity index (χ0) is 17.2. The number of nitrogens with zero attached hydrogens (tertiary/aromatic N) is 2. The number of benzene rings is 1. The fourth-order valence-corrected chi connectivity index (χ4v) is 3.49. The predicted molar refractivity (Wildman–Crippen MR) is 92.7 cm³/mol. The summed E-state index contributed by atoms with van der Waals surface area (Å²) < 4.78 is 29.6. The van der Waals surface area contributed by atoms with E-state index in [-0.39, 0.29) is 10.9 Å². The van der Waals surface area contributed by atoms with E-state index in [4.69, 9.17) is 4.74 Å². The number of sulfone groups is 1. The van der Waals surface area contributed by atoms with Gasteiger partial charge in [0.1, 0.15) is 11.6 Å². The van der Waals surface area contributed by atoms with Gasteiger partial charge in [-0.15, -0.1) is 0 Å². The molecular formula is C17H21N3O3S. The molecule has 2 aromatic rings. The molecule has 0 aliphatic heterocycles. The van der Waals surface area contributed by atoms with Crippen molar-refractivity contribution in [3.63, 3.8) is 0 Å². The van der Waals surface area contributed by atoms with Gasteiger partial charge in [-0.1, -0.05) is 6.92 Å². The maximum atomic E-state index is 12.2. The first-order chi connectivity index (χ1) is 11.5. The average Bonchev–Trinajstić information content (AvgIpc) is 2.62. The van der Waals surface area contributed by atoms with Crippen molar-refractivity contribution in [2.45, 2.75) is 37.8 Å². The molecule has 0 bridgehead atoms. The molecule has 1 aliphatic carbocycles. The number of anilines is 2. The third-order valence-corrected chi connectivity index (χ3v) is 5.67. The van der Waals surface area contributed by atoms with E-state index in [1.54, 1.807) is 14.0 Å². The topological polar surface area (TPSA) is 81.2 Å². The smallest absolute Gasteiger partial charge is 0.249 e. The van der Waals surface area contributed by atoms with Crippen molar-refractivity contribution >= 4 is 21.3 Å². The largest absolute Gasteiger partial charge is 0.497 e. The summed E-state index contributed by atoms with van der Waals surface area (Å²) in [5, 5.41) is 3.17.